The minimum absolute atomic E-state index is 0.353. The Morgan fingerprint density at radius 1 is 1.19 bits per heavy atom. The highest BCUT2D eigenvalue weighted by molar-refractivity contribution is 7.99. The van der Waals surface area contributed by atoms with E-state index in [9.17, 15) is 0 Å². The summed E-state index contributed by atoms with van der Waals surface area (Å²) in [6.07, 6.45) is 0. The largest absolute Gasteiger partial charge is 0.312 e. The van der Waals surface area contributed by atoms with E-state index in [0.717, 1.165) is 11.4 Å². The maximum Gasteiger partial charge on any atom is 0.0939 e. The molecule has 0 bridgehead atoms. The Kier molecular flexibility index (Phi) is 5.48. The zero-order valence-electron chi connectivity index (χ0n) is 13.6. The van der Waals surface area contributed by atoms with Gasteiger partial charge in [-0.1, -0.05) is 38.1 Å². The van der Waals surface area contributed by atoms with Gasteiger partial charge in [0, 0.05) is 18.8 Å². The van der Waals surface area contributed by atoms with Crippen LogP contribution >= 0.6 is 11.8 Å². The van der Waals surface area contributed by atoms with Crippen molar-refractivity contribution < 1.29 is 0 Å². The van der Waals surface area contributed by atoms with E-state index in [4.69, 9.17) is 0 Å². The van der Waals surface area contributed by atoms with Crippen molar-refractivity contribution in [1.82, 2.24) is 15.1 Å². The Hall–Kier alpha value is -1.26. The van der Waals surface area contributed by atoms with Crippen LogP contribution in [0.5, 0.6) is 0 Å². The zero-order valence-corrected chi connectivity index (χ0v) is 14.4. The van der Waals surface area contributed by atoms with E-state index in [2.05, 4.69) is 54.6 Å². The molecule has 1 aromatic heterocycles. The summed E-state index contributed by atoms with van der Waals surface area (Å²) in [5, 5.41) is 9.02. The summed E-state index contributed by atoms with van der Waals surface area (Å²) in [5.41, 5.74) is 3.80. The number of hydrogen-bond donors (Lipinski definition) is 1. The van der Waals surface area contributed by atoms with E-state index in [1.54, 1.807) is 0 Å². The summed E-state index contributed by atoms with van der Waals surface area (Å²) in [6.45, 7) is 6.49. The maximum absolute atomic E-state index is 4.39. The number of nitrogens with zero attached hydrogens (tertiary/aromatic N) is 2. The Labute approximate surface area is 132 Å². The molecule has 21 heavy (non-hydrogen) atoms. The Morgan fingerprint density at radius 2 is 1.81 bits per heavy atom. The minimum atomic E-state index is 0.353. The summed E-state index contributed by atoms with van der Waals surface area (Å²) in [6, 6.07) is 11.5. The van der Waals surface area contributed by atoms with Crippen LogP contribution in [-0.2, 0) is 7.05 Å². The smallest absolute Gasteiger partial charge is 0.0939 e. The average Bonchev–Trinajstić information content (AvgIpc) is 2.78. The van der Waals surface area contributed by atoms with Crippen molar-refractivity contribution in [3.63, 3.8) is 0 Å². The van der Waals surface area contributed by atoms with Gasteiger partial charge >= 0.3 is 0 Å². The van der Waals surface area contributed by atoms with Crippen molar-refractivity contribution in [2.75, 3.05) is 12.8 Å². The Bertz CT molecular complexity index is 572. The first-order chi connectivity index (χ1) is 10.0. The standard InChI is InChI=1S/C17H25N3S/c1-12(2)14-6-8-15(9-7-14)16(18-4)11-21-17-10-13(3)19-20(17)5/h6-10,12,16,18H,11H2,1-5H3. The van der Waals surface area contributed by atoms with Crippen LogP contribution in [-0.4, -0.2) is 22.6 Å². The van der Waals surface area contributed by atoms with Crippen molar-refractivity contribution in [2.45, 2.75) is 37.8 Å². The predicted molar refractivity (Wildman–Crippen MR) is 91.0 cm³/mol. The molecule has 1 atom stereocenters. The van der Waals surface area contributed by atoms with Crippen LogP contribution in [0.15, 0.2) is 35.4 Å². The van der Waals surface area contributed by atoms with E-state index in [1.165, 1.54) is 16.2 Å². The molecule has 0 fully saturated rings. The third kappa shape index (κ3) is 4.11. The minimum Gasteiger partial charge on any atom is -0.312 e. The van der Waals surface area contributed by atoms with Crippen LogP contribution < -0.4 is 5.32 Å². The first-order valence-electron chi connectivity index (χ1n) is 7.41. The second-order valence-electron chi connectivity index (χ2n) is 5.72. The van der Waals surface area contributed by atoms with Crippen molar-refractivity contribution in [3.05, 3.63) is 47.2 Å². The summed E-state index contributed by atoms with van der Waals surface area (Å²) < 4.78 is 1.95. The molecule has 1 N–H and O–H groups in total. The molecule has 0 aliphatic heterocycles. The second kappa shape index (κ2) is 7.14. The number of hydrogen-bond acceptors (Lipinski definition) is 3. The summed E-state index contributed by atoms with van der Waals surface area (Å²) in [4.78, 5) is 0. The fraction of sp³-hybridized carbons (Fsp3) is 0.471. The molecular formula is C17H25N3S. The summed E-state index contributed by atoms with van der Waals surface area (Å²) in [5.74, 6) is 1.58. The van der Waals surface area contributed by atoms with E-state index >= 15 is 0 Å². The molecule has 1 heterocycles. The molecule has 0 amide bonds. The topological polar surface area (TPSA) is 29.9 Å². The van der Waals surface area contributed by atoms with Crippen LogP contribution in [0.4, 0.5) is 0 Å². The van der Waals surface area contributed by atoms with Crippen LogP contribution in [0, 0.1) is 6.92 Å². The SMILES string of the molecule is CNC(CSc1cc(C)nn1C)c1ccc(C(C)C)cc1. The van der Waals surface area contributed by atoms with Gasteiger partial charge in [0.2, 0.25) is 0 Å². The first kappa shape index (κ1) is 16.1. The van der Waals surface area contributed by atoms with Crippen LogP contribution in [0.2, 0.25) is 0 Å². The highest BCUT2D eigenvalue weighted by atomic mass is 32.2. The normalized spacial score (nSPS) is 12.9. The molecule has 0 aliphatic carbocycles. The molecule has 2 aromatic rings. The van der Waals surface area contributed by atoms with E-state index in [0.29, 0.717) is 12.0 Å². The summed E-state index contributed by atoms with van der Waals surface area (Å²) >= 11 is 1.84. The van der Waals surface area contributed by atoms with Gasteiger partial charge in [-0.2, -0.15) is 5.10 Å². The van der Waals surface area contributed by atoms with Crippen LogP contribution in [0.3, 0.4) is 0 Å². The van der Waals surface area contributed by atoms with Gasteiger partial charge in [0.05, 0.1) is 10.7 Å². The number of benzene rings is 1. The third-order valence-electron chi connectivity index (χ3n) is 3.71. The van der Waals surface area contributed by atoms with Gasteiger partial charge in [-0.05, 0) is 37.1 Å². The number of rotatable bonds is 6. The van der Waals surface area contributed by atoms with Crippen molar-refractivity contribution in [3.8, 4) is 0 Å². The molecule has 114 valence electrons. The molecule has 0 saturated heterocycles. The summed E-state index contributed by atoms with van der Waals surface area (Å²) in [7, 11) is 4.03. The predicted octanol–water partition coefficient (Wildman–Crippen LogP) is 3.90. The molecule has 0 aliphatic rings. The number of aromatic nitrogens is 2. The lowest BCUT2D eigenvalue weighted by molar-refractivity contribution is 0.655. The Morgan fingerprint density at radius 3 is 2.29 bits per heavy atom. The lowest BCUT2D eigenvalue weighted by Crippen LogP contribution is -2.18. The van der Waals surface area contributed by atoms with Gasteiger partial charge in [-0.3, -0.25) is 4.68 Å². The number of nitrogens with one attached hydrogen (secondary N) is 1. The number of aryl methyl sites for hydroxylation is 2. The van der Waals surface area contributed by atoms with E-state index in [1.807, 2.05) is 37.5 Å². The molecule has 2 rings (SSSR count). The molecular weight excluding hydrogens is 278 g/mol. The second-order valence-corrected chi connectivity index (χ2v) is 6.76. The van der Waals surface area contributed by atoms with E-state index in [-0.39, 0.29) is 0 Å². The molecule has 0 spiro atoms. The highest BCUT2D eigenvalue weighted by Gasteiger charge is 2.12. The molecule has 0 radical (unpaired) electrons. The molecule has 3 nitrogen and oxygen atoms in total. The van der Waals surface area contributed by atoms with Gasteiger partial charge in [-0.15, -0.1) is 11.8 Å². The maximum atomic E-state index is 4.39. The average molecular weight is 303 g/mol. The van der Waals surface area contributed by atoms with Gasteiger partial charge in [-0.25, -0.2) is 0 Å². The molecule has 1 aromatic carbocycles. The molecule has 0 saturated carbocycles. The lowest BCUT2D eigenvalue weighted by atomic mass is 10.00. The van der Waals surface area contributed by atoms with Gasteiger partial charge in [0.1, 0.15) is 0 Å². The van der Waals surface area contributed by atoms with E-state index < -0.39 is 0 Å². The van der Waals surface area contributed by atoms with Crippen LogP contribution in [0.25, 0.3) is 0 Å². The first-order valence-corrected chi connectivity index (χ1v) is 8.40. The lowest BCUT2D eigenvalue weighted by Gasteiger charge is -2.17. The highest BCUT2D eigenvalue weighted by Crippen LogP contribution is 2.26. The fourth-order valence-electron chi connectivity index (χ4n) is 2.35. The number of thioether (sulfide) groups is 1. The third-order valence-corrected chi connectivity index (χ3v) is 4.89. The zero-order chi connectivity index (χ0) is 15.4. The van der Waals surface area contributed by atoms with Crippen molar-refractivity contribution >= 4 is 11.8 Å². The van der Waals surface area contributed by atoms with Crippen LogP contribution in [0.1, 0.15) is 42.6 Å². The van der Waals surface area contributed by atoms with Crippen molar-refractivity contribution in [2.24, 2.45) is 7.05 Å². The van der Waals surface area contributed by atoms with Gasteiger partial charge in [0.15, 0.2) is 0 Å². The fourth-order valence-corrected chi connectivity index (χ4v) is 3.53. The van der Waals surface area contributed by atoms with Gasteiger partial charge < -0.3 is 5.32 Å². The molecule has 4 heteroatoms. The van der Waals surface area contributed by atoms with Gasteiger partial charge in [0.25, 0.3) is 0 Å². The van der Waals surface area contributed by atoms with Crippen molar-refractivity contribution in [1.29, 1.82) is 0 Å². The molecule has 1 unspecified atom stereocenters. The quantitative estimate of drug-likeness (QED) is 0.821. The Balaban J connectivity index is 2.04. The monoisotopic (exact) mass is 303 g/mol.